The summed E-state index contributed by atoms with van der Waals surface area (Å²) in [5.74, 6) is -0.0547. The van der Waals surface area contributed by atoms with E-state index in [9.17, 15) is 14.4 Å². The van der Waals surface area contributed by atoms with Gasteiger partial charge in [-0.25, -0.2) is 4.98 Å². The summed E-state index contributed by atoms with van der Waals surface area (Å²) in [6, 6.07) is 13.4. The van der Waals surface area contributed by atoms with E-state index in [0.717, 1.165) is 22.2 Å². The Labute approximate surface area is 210 Å². The number of hydrogen-bond donors (Lipinski definition) is 2. The molecule has 3 aromatic rings. The number of ether oxygens (including phenoxy) is 1. The zero-order valence-corrected chi connectivity index (χ0v) is 20.6. The van der Waals surface area contributed by atoms with E-state index >= 15 is 0 Å². The first-order chi connectivity index (χ1) is 17.4. The topological polar surface area (TPSA) is 108 Å². The number of H-pyrrole nitrogens is 1. The first kappa shape index (κ1) is 25.1. The Kier molecular flexibility index (Phi) is 8.12. The Morgan fingerprint density at radius 1 is 1.17 bits per heavy atom. The molecule has 3 amide bonds. The summed E-state index contributed by atoms with van der Waals surface area (Å²) < 4.78 is 5.24. The van der Waals surface area contributed by atoms with Gasteiger partial charge in [-0.15, -0.1) is 0 Å². The summed E-state index contributed by atoms with van der Waals surface area (Å²) in [6.45, 7) is 4.18. The number of pyridine rings is 1. The molecule has 1 saturated heterocycles. The number of aromatic amines is 1. The number of hydrogen-bond acceptors (Lipinski definition) is 5. The maximum absolute atomic E-state index is 12.7. The Hall–Kier alpha value is -3.98. The maximum atomic E-state index is 12.7. The number of amides is 3. The number of carbonyl (C=O) groups is 3. The molecule has 9 nitrogen and oxygen atoms in total. The van der Waals surface area contributed by atoms with Gasteiger partial charge in [0, 0.05) is 56.5 Å². The summed E-state index contributed by atoms with van der Waals surface area (Å²) in [5.41, 5.74) is 2.74. The van der Waals surface area contributed by atoms with E-state index in [1.54, 1.807) is 41.3 Å². The summed E-state index contributed by atoms with van der Waals surface area (Å²) in [4.78, 5) is 48.1. The van der Waals surface area contributed by atoms with Gasteiger partial charge in [-0.05, 0) is 48.2 Å². The molecule has 2 N–H and O–H groups in total. The van der Waals surface area contributed by atoms with Crippen LogP contribution in [0, 0.1) is 0 Å². The molecule has 188 valence electrons. The van der Waals surface area contributed by atoms with Gasteiger partial charge in [-0.2, -0.15) is 0 Å². The number of para-hydroxylation sites is 1. The van der Waals surface area contributed by atoms with E-state index in [2.05, 4.69) is 21.4 Å². The number of benzene rings is 1. The number of morpholine rings is 1. The average molecular weight is 490 g/mol. The van der Waals surface area contributed by atoms with Crippen molar-refractivity contribution in [3.05, 3.63) is 66.0 Å². The quantitative estimate of drug-likeness (QED) is 0.472. The Bertz CT molecular complexity index is 1210. The van der Waals surface area contributed by atoms with Crippen molar-refractivity contribution in [3.8, 4) is 0 Å². The molecule has 1 atom stereocenters. The standard InChI is InChI=1S/C27H31N5O4/c1-19(23-17-21-5-3-4-6-22(21)29-23)31(2)26(34)11-8-20-7-9-24(28-18-20)30-25(33)10-12-27(35)32-13-15-36-16-14-32/h3-9,11,17-19,29H,10,12-16H2,1-2H3,(H,28,30,33)/b11-8+. The molecule has 0 saturated carbocycles. The van der Waals surface area contributed by atoms with Crippen LogP contribution in [0.4, 0.5) is 5.82 Å². The van der Waals surface area contributed by atoms with Crippen LogP contribution in [0.25, 0.3) is 17.0 Å². The van der Waals surface area contributed by atoms with Crippen molar-refractivity contribution in [2.45, 2.75) is 25.8 Å². The van der Waals surface area contributed by atoms with E-state index < -0.39 is 0 Å². The lowest BCUT2D eigenvalue weighted by molar-refractivity contribution is -0.136. The number of rotatable bonds is 8. The van der Waals surface area contributed by atoms with Crippen LogP contribution < -0.4 is 5.32 Å². The van der Waals surface area contributed by atoms with Gasteiger partial charge in [-0.1, -0.05) is 18.2 Å². The molecular formula is C27H31N5O4. The average Bonchev–Trinajstić information content (AvgIpc) is 3.35. The molecular weight excluding hydrogens is 458 g/mol. The molecule has 1 unspecified atom stereocenters. The monoisotopic (exact) mass is 489 g/mol. The molecule has 0 aliphatic carbocycles. The van der Waals surface area contributed by atoms with E-state index in [-0.39, 0.29) is 36.6 Å². The number of anilines is 1. The second kappa shape index (κ2) is 11.6. The van der Waals surface area contributed by atoms with Gasteiger partial charge in [0.05, 0.1) is 19.3 Å². The minimum Gasteiger partial charge on any atom is -0.378 e. The van der Waals surface area contributed by atoms with E-state index in [0.29, 0.717) is 32.1 Å². The smallest absolute Gasteiger partial charge is 0.246 e. The van der Waals surface area contributed by atoms with E-state index in [4.69, 9.17) is 4.74 Å². The third kappa shape index (κ3) is 6.37. The molecule has 1 aliphatic rings. The molecule has 0 spiro atoms. The van der Waals surface area contributed by atoms with Crippen molar-refractivity contribution in [1.82, 2.24) is 19.8 Å². The lowest BCUT2D eigenvalue weighted by atomic mass is 10.2. The van der Waals surface area contributed by atoms with Crippen molar-refractivity contribution >= 4 is 40.5 Å². The van der Waals surface area contributed by atoms with Crippen LogP contribution in [0.1, 0.15) is 37.1 Å². The zero-order valence-electron chi connectivity index (χ0n) is 20.6. The van der Waals surface area contributed by atoms with Gasteiger partial charge in [0.25, 0.3) is 0 Å². The van der Waals surface area contributed by atoms with Gasteiger partial charge < -0.3 is 24.8 Å². The minimum atomic E-state index is -0.268. The SMILES string of the molecule is CC(c1cc2ccccc2[nH]1)N(C)C(=O)/C=C/c1ccc(NC(=O)CCC(=O)N2CCOCC2)nc1. The number of likely N-dealkylation sites (N-methyl/N-ethyl adjacent to an activating group) is 1. The molecule has 9 heteroatoms. The summed E-state index contributed by atoms with van der Waals surface area (Å²) in [5, 5.41) is 3.82. The number of nitrogens with zero attached hydrogens (tertiary/aromatic N) is 3. The molecule has 1 fully saturated rings. The van der Waals surface area contributed by atoms with Crippen molar-refractivity contribution in [1.29, 1.82) is 0 Å². The van der Waals surface area contributed by atoms with E-state index in [1.165, 1.54) is 6.08 Å². The summed E-state index contributed by atoms with van der Waals surface area (Å²) in [7, 11) is 1.77. The van der Waals surface area contributed by atoms with Gasteiger partial charge in [0.15, 0.2) is 0 Å². The fourth-order valence-corrected chi connectivity index (χ4v) is 3.98. The van der Waals surface area contributed by atoms with Crippen molar-refractivity contribution in [2.75, 3.05) is 38.7 Å². The van der Waals surface area contributed by atoms with Crippen LogP contribution in [0.2, 0.25) is 0 Å². The van der Waals surface area contributed by atoms with E-state index in [1.807, 2.05) is 31.2 Å². The molecule has 4 rings (SSSR count). The molecule has 0 radical (unpaired) electrons. The summed E-state index contributed by atoms with van der Waals surface area (Å²) in [6.07, 6.45) is 5.02. The molecule has 1 aliphatic heterocycles. The third-order valence-corrected chi connectivity index (χ3v) is 6.33. The Balaban J connectivity index is 1.26. The highest BCUT2D eigenvalue weighted by Crippen LogP contribution is 2.23. The van der Waals surface area contributed by atoms with Crippen LogP contribution in [-0.2, 0) is 19.1 Å². The number of nitrogens with one attached hydrogen (secondary N) is 2. The summed E-state index contributed by atoms with van der Waals surface area (Å²) >= 11 is 0. The fourth-order valence-electron chi connectivity index (χ4n) is 3.98. The largest absolute Gasteiger partial charge is 0.378 e. The lowest BCUT2D eigenvalue weighted by Crippen LogP contribution is -2.40. The Morgan fingerprint density at radius 3 is 2.67 bits per heavy atom. The number of aromatic nitrogens is 2. The molecule has 3 heterocycles. The van der Waals surface area contributed by atoms with Crippen LogP contribution in [0.15, 0.2) is 54.7 Å². The highest BCUT2D eigenvalue weighted by Gasteiger charge is 2.18. The number of fused-ring (bicyclic) bond motifs is 1. The zero-order chi connectivity index (χ0) is 25.5. The predicted molar refractivity (Wildman–Crippen MR) is 138 cm³/mol. The molecule has 1 aromatic carbocycles. The van der Waals surface area contributed by atoms with Crippen LogP contribution in [-0.4, -0.2) is 70.8 Å². The van der Waals surface area contributed by atoms with Crippen molar-refractivity contribution in [2.24, 2.45) is 0 Å². The maximum Gasteiger partial charge on any atom is 0.246 e. The van der Waals surface area contributed by atoms with Gasteiger partial charge in [0.2, 0.25) is 17.7 Å². The van der Waals surface area contributed by atoms with Gasteiger partial charge in [0.1, 0.15) is 5.82 Å². The van der Waals surface area contributed by atoms with Crippen LogP contribution in [0.5, 0.6) is 0 Å². The van der Waals surface area contributed by atoms with Crippen LogP contribution in [0.3, 0.4) is 0 Å². The van der Waals surface area contributed by atoms with Crippen molar-refractivity contribution in [3.63, 3.8) is 0 Å². The highest BCUT2D eigenvalue weighted by molar-refractivity contribution is 5.93. The molecule has 2 aromatic heterocycles. The predicted octanol–water partition coefficient (Wildman–Crippen LogP) is 3.37. The first-order valence-electron chi connectivity index (χ1n) is 12.0. The second-order valence-corrected chi connectivity index (χ2v) is 8.79. The fraction of sp³-hybridized carbons (Fsp3) is 0.333. The third-order valence-electron chi connectivity index (χ3n) is 6.33. The van der Waals surface area contributed by atoms with Gasteiger partial charge in [-0.3, -0.25) is 14.4 Å². The molecule has 0 bridgehead atoms. The van der Waals surface area contributed by atoms with Crippen LogP contribution >= 0.6 is 0 Å². The second-order valence-electron chi connectivity index (χ2n) is 8.79. The molecule has 36 heavy (non-hydrogen) atoms. The lowest BCUT2D eigenvalue weighted by Gasteiger charge is -2.26. The minimum absolute atomic E-state index is 0.0459. The highest BCUT2D eigenvalue weighted by atomic mass is 16.5. The Morgan fingerprint density at radius 2 is 1.94 bits per heavy atom. The van der Waals surface area contributed by atoms with Crippen molar-refractivity contribution < 1.29 is 19.1 Å². The first-order valence-corrected chi connectivity index (χ1v) is 12.0. The number of carbonyl (C=O) groups excluding carboxylic acids is 3. The normalized spacial score (nSPS) is 14.7. The van der Waals surface area contributed by atoms with Gasteiger partial charge >= 0.3 is 0 Å².